The third-order valence-corrected chi connectivity index (χ3v) is 1.95. The van der Waals surface area contributed by atoms with E-state index in [4.69, 9.17) is 5.73 Å². The van der Waals surface area contributed by atoms with Crippen molar-refractivity contribution >= 4 is 17.6 Å². The van der Waals surface area contributed by atoms with Gasteiger partial charge in [0.15, 0.2) is 0 Å². The van der Waals surface area contributed by atoms with Crippen molar-refractivity contribution in [3.8, 4) is 0 Å². The van der Waals surface area contributed by atoms with Gasteiger partial charge in [0.1, 0.15) is 0 Å². The first kappa shape index (κ1) is 12.8. The van der Waals surface area contributed by atoms with Crippen molar-refractivity contribution < 1.29 is 14.3 Å². The van der Waals surface area contributed by atoms with Gasteiger partial charge in [-0.1, -0.05) is 12.1 Å². The van der Waals surface area contributed by atoms with Gasteiger partial charge in [-0.3, -0.25) is 4.79 Å². The normalized spacial score (nSPS) is 10.8. The van der Waals surface area contributed by atoms with Gasteiger partial charge in [-0.25, -0.2) is 4.79 Å². The number of anilines is 1. The summed E-state index contributed by atoms with van der Waals surface area (Å²) >= 11 is 0. The summed E-state index contributed by atoms with van der Waals surface area (Å²) in [7, 11) is 1.28. The van der Waals surface area contributed by atoms with Crippen molar-refractivity contribution in [3.63, 3.8) is 0 Å². The molecule has 0 unspecified atom stereocenters. The molecule has 0 aromatic heterocycles. The van der Waals surface area contributed by atoms with Crippen molar-refractivity contribution in [2.45, 2.75) is 6.92 Å². The first-order valence-electron chi connectivity index (χ1n) is 4.96. The number of nitrogens with one attached hydrogen (secondary N) is 1. The number of nitrogens with two attached hydrogens (primary N) is 1. The number of ether oxygens (including phenoxy) is 1. The number of para-hydroxylation sites is 1. The van der Waals surface area contributed by atoms with Gasteiger partial charge in [0.05, 0.1) is 18.4 Å². The molecule has 0 radical (unpaired) electrons. The molecule has 0 aliphatic carbocycles. The Morgan fingerprint density at radius 3 is 2.59 bits per heavy atom. The number of esters is 1. The molecule has 0 aliphatic heterocycles. The molecule has 5 heteroatoms. The Morgan fingerprint density at radius 1 is 1.35 bits per heavy atom. The zero-order chi connectivity index (χ0) is 12.8. The van der Waals surface area contributed by atoms with Crippen LogP contribution in [0.3, 0.4) is 0 Å². The lowest BCUT2D eigenvalue weighted by Gasteiger charge is -2.07. The summed E-state index contributed by atoms with van der Waals surface area (Å²) in [6.45, 7) is 1.60. The Morgan fingerprint density at radius 2 is 2.00 bits per heavy atom. The SMILES string of the molecule is COC(=O)c1ccccc1NC(=O)/C=C(\C)N. The fourth-order valence-electron chi connectivity index (χ4n) is 1.26. The van der Waals surface area contributed by atoms with Crippen LogP contribution in [0, 0.1) is 0 Å². The Labute approximate surface area is 99.3 Å². The summed E-state index contributed by atoms with van der Waals surface area (Å²) in [5.41, 5.74) is 6.45. The molecule has 0 atom stereocenters. The van der Waals surface area contributed by atoms with Crippen molar-refractivity contribution in [1.82, 2.24) is 0 Å². The number of methoxy groups -OCH3 is 1. The van der Waals surface area contributed by atoms with Crippen molar-refractivity contribution in [1.29, 1.82) is 0 Å². The standard InChI is InChI=1S/C12H14N2O3/c1-8(13)7-11(15)14-10-6-4-3-5-9(10)12(16)17-2/h3-7H,13H2,1-2H3,(H,14,15)/b8-7+. The third-order valence-electron chi connectivity index (χ3n) is 1.95. The van der Waals surface area contributed by atoms with Crippen molar-refractivity contribution in [2.75, 3.05) is 12.4 Å². The van der Waals surface area contributed by atoms with E-state index in [1.54, 1.807) is 31.2 Å². The van der Waals surface area contributed by atoms with Gasteiger partial charge in [0.2, 0.25) is 5.91 Å². The number of carbonyl (C=O) groups excluding carboxylic acids is 2. The second kappa shape index (κ2) is 5.69. The summed E-state index contributed by atoms with van der Waals surface area (Å²) in [5, 5.41) is 2.56. The van der Waals surface area contributed by atoms with Gasteiger partial charge in [0.25, 0.3) is 0 Å². The Kier molecular flexibility index (Phi) is 4.28. The predicted molar refractivity (Wildman–Crippen MR) is 64.4 cm³/mol. The van der Waals surface area contributed by atoms with Gasteiger partial charge in [-0.2, -0.15) is 0 Å². The lowest BCUT2D eigenvalue weighted by atomic mass is 10.2. The van der Waals surface area contributed by atoms with Crippen LogP contribution in [0.15, 0.2) is 36.0 Å². The molecule has 0 fully saturated rings. The van der Waals surface area contributed by atoms with Crippen LogP contribution in [-0.4, -0.2) is 19.0 Å². The van der Waals surface area contributed by atoms with Crippen molar-refractivity contribution in [3.05, 3.63) is 41.6 Å². The number of benzene rings is 1. The summed E-state index contributed by atoms with van der Waals surface area (Å²) in [6, 6.07) is 6.58. The quantitative estimate of drug-likeness (QED) is 0.609. The highest BCUT2D eigenvalue weighted by atomic mass is 16.5. The van der Waals surface area contributed by atoms with E-state index in [2.05, 4.69) is 10.1 Å². The maximum atomic E-state index is 11.5. The van der Waals surface area contributed by atoms with E-state index in [1.165, 1.54) is 13.2 Å². The van der Waals surface area contributed by atoms with Crippen LogP contribution in [-0.2, 0) is 9.53 Å². The average molecular weight is 234 g/mol. The molecule has 5 nitrogen and oxygen atoms in total. The molecule has 1 rings (SSSR count). The average Bonchev–Trinajstić information content (AvgIpc) is 2.27. The highest BCUT2D eigenvalue weighted by molar-refractivity contribution is 6.05. The predicted octanol–water partition coefficient (Wildman–Crippen LogP) is 1.27. The minimum atomic E-state index is -0.505. The zero-order valence-corrected chi connectivity index (χ0v) is 9.69. The lowest BCUT2D eigenvalue weighted by Crippen LogP contribution is -2.14. The van der Waals surface area contributed by atoms with Gasteiger partial charge in [-0.15, -0.1) is 0 Å². The third kappa shape index (κ3) is 3.64. The van der Waals surface area contributed by atoms with Crippen molar-refractivity contribution in [2.24, 2.45) is 5.73 Å². The molecule has 90 valence electrons. The van der Waals surface area contributed by atoms with E-state index in [1.807, 2.05) is 0 Å². The highest BCUT2D eigenvalue weighted by Crippen LogP contribution is 2.15. The second-order valence-electron chi connectivity index (χ2n) is 3.41. The zero-order valence-electron chi connectivity index (χ0n) is 9.69. The molecule has 1 aromatic rings. The largest absolute Gasteiger partial charge is 0.465 e. The summed E-state index contributed by atoms with van der Waals surface area (Å²) in [5.74, 6) is -0.893. The van der Waals surface area contributed by atoms with E-state index < -0.39 is 5.97 Å². The Balaban J connectivity index is 2.95. The number of hydrogen-bond acceptors (Lipinski definition) is 4. The number of rotatable bonds is 3. The monoisotopic (exact) mass is 234 g/mol. The molecule has 0 heterocycles. The van der Waals surface area contributed by atoms with E-state index in [0.717, 1.165) is 0 Å². The molecular formula is C12H14N2O3. The fourth-order valence-corrected chi connectivity index (χ4v) is 1.26. The van der Waals surface area contributed by atoms with E-state index in [9.17, 15) is 9.59 Å². The minimum absolute atomic E-state index is 0.298. The second-order valence-corrected chi connectivity index (χ2v) is 3.41. The first-order valence-corrected chi connectivity index (χ1v) is 4.96. The molecule has 0 saturated heterocycles. The summed E-state index contributed by atoms with van der Waals surface area (Å²) in [4.78, 5) is 22.9. The van der Waals surface area contributed by atoms with Gasteiger partial charge >= 0.3 is 5.97 Å². The number of carbonyl (C=O) groups is 2. The molecule has 0 saturated carbocycles. The number of hydrogen-bond donors (Lipinski definition) is 2. The highest BCUT2D eigenvalue weighted by Gasteiger charge is 2.11. The van der Waals surface area contributed by atoms with Crippen LogP contribution in [0.2, 0.25) is 0 Å². The smallest absolute Gasteiger partial charge is 0.339 e. The molecule has 17 heavy (non-hydrogen) atoms. The van der Waals surface area contributed by atoms with Crippen LogP contribution in [0.25, 0.3) is 0 Å². The van der Waals surface area contributed by atoms with Crippen LogP contribution in [0.5, 0.6) is 0 Å². The molecule has 1 aromatic carbocycles. The number of allylic oxidation sites excluding steroid dienone is 1. The van der Waals surface area contributed by atoms with Gasteiger partial charge < -0.3 is 15.8 Å². The van der Waals surface area contributed by atoms with Crippen LogP contribution >= 0.6 is 0 Å². The van der Waals surface area contributed by atoms with E-state index in [0.29, 0.717) is 16.9 Å². The Hall–Kier alpha value is -2.30. The molecule has 0 aliphatic rings. The van der Waals surface area contributed by atoms with E-state index in [-0.39, 0.29) is 5.91 Å². The Bertz CT molecular complexity index is 463. The maximum Gasteiger partial charge on any atom is 0.339 e. The molecular weight excluding hydrogens is 220 g/mol. The van der Waals surface area contributed by atoms with E-state index >= 15 is 0 Å². The number of amides is 1. The van der Waals surface area contributed by atoms with Crippen LogP contribution in [0.4, 0.5) is 5.69 Å². The summed E-state index contributed by atoms with van der Waals surface area (Å²) < 4.78 is 4.61. The maximum absolute atomic E-state index is 11.5. The molecule has 1 amide bonds. The molecule has 3 N–H and O–H groups in total. The molecule has 0 spiro atoms. The topological polar surface area (TPSA) is 81.4 Å². The lowest BCUT2D eigenvalue weighted by molar-refractivity contribution is -0.111. The van der Waals surface area contributed by atoms with Crippen LogP contribution < -0.4 is 11.1 Å². The first-order chi connectivity index (χ1) is 8.04. The van der Waals surface area contributed by atoms with Crippen LogP contribution in [0.1, 0.15) is 17.3 Å². The molecule has 0 bridgehead atoms. The van der Waals surface area contributed by atoms with Gasteiger partial charge in [-0.05, 0) is 19.1 Å². The van der Waals surface area contributed by atoms with Gasteiger partial charge in [0, 0.05) is 11.8 Å². The fraction of sp³-hybridized carbons (Fsp3) is 0.167. The minimum Gasteiger partial charge on any atom is -0.465 e. The summed E-state index contributed by atoms with van der Waals surface area (Å²) in [6.07, 6.45) is 1.24.